The third-order valence-electron chi connectivity index (χ3n) is 5.28. The number of benzene rings is 2. The third-order valence-corrected chi connectivity index (χ3v) is 6.22. The number of methoxy groups -OCH3 is 1. The molecule has 1 aromatic heterocycles. The number of nitrogens with zero attached hydrogens (tertiary/aromatic N) is 2. The summed E-state index contributed by atoms with van der Waals surface area (Å²) in [7, 11) is 1.65. The van der Waals surface area contributed by atoms with Crippen molar-refractivity contribution in [3.8, 4) is 11.5 Å². The molecule has 1 N–H and O–H groups in total. The molecule has 1 aliphatic carbocycles. The summed E-state index contributed by atoms with van der Waals surface area (Å²) < 4.78 is 13.0. The van der Waals surface area contributed by atoms with Crippen LogP contribution in [0.4, 0.5) is 0 Å². The fourth-order valence-corrected chi connectivity index (χ4v) is 4.60. The summed E-state index contributed by atoms with van der Waals surface area (Å²) in [6.07, 6.45) is 4.57. The number of carbonyl (C=O) groups excluding carboxylic acids is 1. The zero-order valence-electron chi connectivity index (χ0n) is 17.2. The number of amides is 1. The van der Waals surface area contributed by atoms with E-state index >= 15 is 0 Å². The summed E-state index contributed by atoms with van der Waals surface area (Å²) in [6.45, 7) is 0.840. The molecule has 1 fully saturated rings. The highest BCUT2D eigenvalue weighted by molar-refractivity contribution is 7.99. The maximum Gasteiger partial charge on any atom is 0.240 e. The quantitative estimate of drug-likeness (QED) is 0.410. The Kier molecular flexibility index (Phi) is 6.79. The van der Waals surface area contributed by atoms with Gasteiger partial charge in [0.1, 0.15) is 18.0 Å². The van der Waals surface area contributed by atoms with E-state index in [0.717, 1.165) is 46.3 Å². The van der Waals surface area contributed by atoms with Crippen molar-refractivity contribution < 1.29 is 14.3 Å². The Balaban J connectivity index is 1.38. The third kappa shape index (κ3) is 5.08. The topological polar surface area (TPSA) is 65.4 Å². The van der Waals surface area contributed by atoms with Crippen LogP contribution in [-0.2, 0) is 11.3 Å². The van der Waals surface area contributed by atoms with Crippen LogP contribution in [-0.4, -0.2) is 41.0 Å². The van der Waals surface area contributed by atoms with E-state index < -0.39 is 0 Å². The van der Waals surface area contributed by atoms with Gasteiger partial charge in [0.05, 0.1) is 24.8 Å². The molecule has 6 nitrogen and oxygen atoms in total. The SMILES string of the molecule is COc1ccc(OCCSc2nc3ccccc3n2CC(=O)NC2CCCC2)cc1. The molecule has 0 saturated heterocycles. The van der Waals surface area contributed by atoms with Gasteiger partial charge in [-0.05, 0) is 49.2 Å². The summed E-state index contributed by atoms with van der Waals surface area (Å²) in [5, 5.41) is 4.02. The van der Waals surface area contributed by atoms with E-state index in [1.807, 2.05) is 53.1 Å². The maximum absolute atomic E-state index is 12.6. The van der Waals surface area contributed by atoms with Gasteiger partial charge in [-0.15, -0.1) is 0 Å². The molecular weight excluding hydrogens is 398 g/mol. The second-order valence-corrected chi connectivity index (χ2v) is 8.45. The molecule has 158 valence electrons. The highest BCUT2D eigenvalue weighted by atomic mass is 32.2. The van der Waals surface area contributed by atoms with Gasteiger partial charge < -0.3 is 19.4 Å². The molecule has 30 heavy (non-hydrogen) atoms. The predicted molar refractivity (Wildman–Crippen MR) is 119 cm³/mol. The number of aromatic nitrogens is 2. The standard InChI is InChI=1S/C23H27N3O3S/c1-28-18-10-12-19(13-11-18)29-14-15-30-23-25-20-8-4-5-9-21(20)26(23)16-22(27)24-17-6-2-3-7-17/h4-5,8-13,17H,2-3,6-7,14-16H2,1H3,(H,24,27). The van der Waals surface area contributed by atoms with Crippen LogP contribution in [0.1, 0.15) is 25.7 Å². The Labute approximate surface area is 181 Å². The number of fused-ring (bicyclic) bond motifs is 1. The largest absolute Gasteiger partial charge is 0.497 e. The predicted octanol–water partition coefficient (Wildman–Crippen LogP) is 4.27. The number of ether oxygens (including phenoxy) is 2. The number of carbonyl (C=O) groups is 1. The molecule has 3 aromatic rings. The monoisotopic (exact) mass is 425 g/mol. The van der Waals surface area contributed by atoms with Crippen LogP contribution < -0.4 is 14.8 Å². The molecule has 0 bridgehead atoms. The molecule has 1 aliphatic rings. The average Bonchev–Trinajstić information content (AvgIpc) is 3.40. The van der Waals surface area contributed by atoms with Crippen LogP contribution in [0.2, 0.25) is 0 Å². The molecule has 0 atom stereocenters. The average molecular weight is 426 g/mol. The number of hydrogen-bond donors (Lipinski definition) is 1. The molecule has 0 unspecified atom stereocenters. The van der Waals surface area contributed by atoms with E-state index in [0.29, 0.717) is 19.2 Å². The summed E-state index contributed by atoms with van der Waals surface area (Å²) >= 11 is 1.61. The number of para-hydroxylation sites is 2. The normalized spacial score (nSPS) is 14.2. The minimum Gasteiger partial charge on any atom is -0.497 e. The molecule has 4 rings (SSSR count). The first-order chi connectivity index (χ1) is 14.7. The Hall–Kier alpha value is -2.67. The molecule has 1 heterocycles. The van der Waals surface area contributed by atoms with Crippen molar-refractivity contribution in [2.45, 2.75) is 43.4 Å². The number of rotatable bonds is 9. The molecule has 0 radical (unpaired) electrons. The summed E-state index contributed by atoms with van der Waals surface area (Å²) in [5.41, 5.74) is 1.89. The first kappa shape index (κ1) is 20.6. The van der Waals surface area contributed by atoms with Crippen molar-refractivity contribution in [1.82, 2.24) is 14.9 Å². The van der Waals surface area contributed by atoms with Gasteiger partial charge >= 0.3 is 0 Å². The Morgan fingerprint density at radius 2 is 1.87 bits per heavy atom. The fraction of sp³-hybridized carbons (Fsp3) is 0.391. The van der Waals surface area contributed by atoms with Crippen molar-refractivity contribution in [3.05, 3.63) is 48.5 Å². The van der Waals surface area contributed by atoms with E-state index in [4.69, 9.17) is 14.5 Å². The minimum atomic E-state index is 0.0568. The fourth-order valence-electron chi connectivity index (χ4n) is 3.77. The lowest BCUT2D eigenvalue weighted by atomic mass is 10.2. The van der Waals surface area contributed by atoms with Gasteiger partial charge in [0, 0.05) is 11.8 Å². The van der Waals surface area contributed by atoms with Gasteiger partial charge in [0.15, 0.2) is 5.16 Å². The Morgan fingerprint density at radius 3 is 2.63 bits per heavy atom. The van der Waals surface area contributed by atoms with E-state index in [2.05, 4.69) is 5.32 Å². The molecule has 0 spiro atoms. The highest BCUT2D eigenvalue weighted by Gasteiger charge is 2.19. The molecular formula is C23H27N3O3S. The van der Waals surface area contributed by atoms with Crippen LogP contribution in [0.5, 0.6) is 11.5 Å². The molecule has 1 saturated carbocycles. The smallest absolute Gasteiger partial charge is 0.240 e. The van der Waals surface area contributed by atoms with Crippen molar-refractivity contribution in [3.63, 3.8) is 0 Å². The van der Waals surface area contributed by atoms with E-state index in [9.17, 15) is 4.79 Å². The van der Waals surface area contributed by atoms with Crippen molar-refractivity contribution in [2.24, 2.45) is 0 Å². The van der Waals surface area contributed by atoms with Crippen molar-refractivity contribution >= 4 is 28.7 Å². The number of thioether (sulfide) groups is 1. The van der Waals surface area contributed by atoms with Crippen LogP contribution >= 0.6 is 11.8 Å². The lowest BCUT2D eigenvalue weighted by Gasteiger charge is -2.14. The Bertz CT molecular complexity index is 981. The highest BCUT2D eigenvalue weighted by Crippen LogP contribution is 2.25. The summed E-state index contributed by atoms with van der Waals surface area (Å²) in [5.74, 6) is 2.41. The van der Waals surface area contributed by atoms with Gasteiger partial charge in [-0.25, -0.2) is 4.98 Å². The second kappa shape index (κ2) is 9.89. The lowest BCUT2D eigenvalue weighted by molar-refractivity contribution is -0.122. The van der Waals surface area contributed by atoms with Crippen LogP contribution in [0, 0.1) is 0 Å². The number of hydrogen-bond acceptors (Lipinski definition) is 5. The van der Waals surface area contributed by atoms with Gasteiger partial charge in [0.25, 0.3) is 0 Å². The first-order valence-electron chi connectivity index (χ1n) is 10.4. The van der Waals surface area contributed by atoms with E-state index in [-0.39, 0.29) is 5.91 Å². The molecule has 0 aliphatic heterocycles. The molecule has 1 amide bonds. The van der Waals surface area contributed by atoms with Crippen LogP contribution in [0.15, 0.2) is 53.7 Å². The van der Waals surface area contributed by atoms with E-state index in [1.54, 1.807) is 18.9 Å². The summed E-state index contributed by atoms with van der Waals surface area (Å²) in [6, 6.07) is 15.8. The summed E-state index contributed by atoms with van der Waals surface area (Å²) in [4.78, 5) is 17.4. The second-order valence-electron chi connectivity index (χ2n) is 7.39. The van der Waals surface area contributed by atoms with Gasteiger partial charge in [-0.2, -0.15) is 0 Å². The molecule has 7 heteroatoms. The first-order valence-corrected chi connectivity index (χ1v) is 11.4. The van der Waals surface area contributed by atoms with Crippen LogP contribution in [0.25, 0.3) is 11.0 Å². The maximum atomic E-state index is 12.6. The zero-order chi connectivity index (χ0) is 20.8. The van der Waals surface area contributed by atoms with Gasteiger partial charge in [-0.1, -0.05) is 36.7 Å². The number of imidazole rings is 1. The van der Waals surface area contributed by atoms with Crippen LogP contribution in [0.3, 0.4) is 0 Å². The molecule has 2 aromatic carbocycles. The van der Waals surface area contributed by atoms with Crippen molar-refractivity contribution in [1.29, 1.82) is 0 Å². The van der Waals surface area contributed by atoms with E-state index in [1.165, 1.54) is 12.8 Å². The lowest BCUT2D eigenvalue weighted by Crippen LogP contribution is -2.35. The van der Waals surface area contributed by atoms with Gasteiger partial charge in [-0.3, -0.25) is 4.79 Å². The minimum absolute atomic E-state index is 0.0568. The van der Waals surface area contributed by atoms with Crippen molar-refractivity contribution in [2.75, 3.05) is 19.5 Å². The van der Waals surface area contributed by atoms with Gasteiger partial charge in [0.2, 0.25) is 5.91 Å². The number of nitrogens with one attached hydrogen (secondary N) is 1. The zero-order valence-corrected chi connectivity index (χ0v) is 18.0. The Morgan fingerprint density at radius 1 is 1.13 bits per heavy atom.